The molecule has 0 saturated carbocycles. The number of sulfone groups is 1. The van der Waals surface area contributed by atoms with Crippen molar-refractivity contribution in [2.45, 2.75) is 44.4 Å². The van der Waals surface area contributed by atoms with Crippen LogP contribution in [-0.2, 0) is 14.6 Å². The van der Waals surface area contributed by atoms with E-state index in [0.29, 0.717) is 19.4 Å². The SMILES string of the molecule is CC(C)C(CN)NC(=O)C1CCCCS1(=O)=O. The number of amides is 1. The fourth-order valence-electron chi connectivity index (χ4n) is 2.02. The predicted octanol–water partition coefficient (Wildman–Crippen LogP) is 0.0532. The molecule has 2 atom stereocenters. The Morgan fingerprint density at radius 1 is 1.41 bits per heavy atom. The van der Waals surface area contributed by atoms with Gasteiger partial charge in [0.1, 0.15) is 5.25 Å². The van der Waals surface area contributed by atoms with Gasteiger partial charge in [0.05, 0.1) is 5.75 Å². The maximum absolute atomic E-state index is 11.9. The van der Waals surface area contributed by atoms with Gasteiger partial charge >= 0.3 is 0 Å². The molecule has 1 saturated heterocycles. The lowest BCUT2D eigenvalue weighted by molar-refractivity contribution is -0.121. The Morgan fingerprint density at radius 3 is 2.53 bits per heavy atom. The average molecular weight is 262 g/mol. The van der Waals surface area contributed by atoms with Crippen LogP contribution in [0.5, 0.6) is 0 Å². The smallest absolute Gasteiger partial charge is 0.238 e. The van der Waals surface area contributed by atoms with Crippen LogP contribution in [0.25, 0.3) is 0 Å². The fourth-order valence-corrected chi connectivity index (χ4v) is 3.83. The lowest BCUT2D eigenvalue weighted by atomic mass is 10.0. The van der Waals surface area contributed by atoms with Gasteiger partial charge in [-0.2, -0.15) is 0 Å². The van der Waals surface area contributed by atoms with Crippen molar-refractivity contribution in [3.8, 4) is 0 Å². The zero-order chi connectivity index (χ0) is 13.1. The summed E-state index contributed by atoms with van der Waals surface area (Å²) in [6.07, 6.45) is 1.90. The van der Waals surface area contributed by atoms with E-state index < -0.39 is 15.1 Å². The Bertz CT molecular complexity index is 365. The summed E-state index contributed by atoms with van der Waals surface area (Å²) < 4.78 is 23.5. The Balaban J connectivity index is 2.69. The van der Waals surface area contributed by atoms with Gasteiger partial charge in [-0.05, 0) is 18.8 Å². The van der Waals surface area contributed by atoms with E-state index in [0.717, 1.165) is 6.42 Å². The first kappa shape index (κ1) is 14.4. The Labute approximate surface area is 103 Å². The van der Waals surface area contributed by atoms with E-state index in [1.807, 2.05) is 13.8 Å². The summed E-state index contributed by atoms with van der Waals surface area (Å²) in [7, 11) is -3.26. The van der Waals surface area contributed by atoms with E-state index in [-0.39, 0.29) is 23.6 Å². The molecule has 1 aliphatic rings. The molecule has 5 nitrogen and oxygen atoms in total. The minimum Gasteiger partial charge on any atom is -0.351 e. The molecule has 100 valence electrons. The second kappa shape index (κ2) is 5.82. The number of carbonyl (C=O) groups is 1. The summed E-state index contributed by atoms with van der Waals surface area (Å²) in [4.78, 5) is 11.9. The zero-order valence-electron chi connectivity index (χ0n) is 10.5. The van der Waals surface area contributed by atoms with Crippen molar-refractivity contribution in [3.63, 3.8) is 0 Å². The first-order valence-electron chi connectivity index (χ1n) is 6.10. The second-order valence-corrected chi connectivity index (χ2v) is 7.25. The van der Waals surface area contributed by atoms with Gasteiger partial charge in [-0.25, -0.2) is 8.42 Å². The highest BCUT2D eigenvalue weighted by molar-refractivity contribution is 7.92. The molecular formula is C11H22N2O3S. The molecule has 0 aromatic rings. The molecule has 2 unspecified atom stereocenters. The lowest BCUT2D eigenvalue weighted by Crippen LogP contribution is -2.50. The molecule has 1 aliphatic heterocycles. The number of nitrogens with one attached hydrogen (secondary N) is 1. The van der Waals surface area contributed by atoms with Crippen LogP contribution in [-0.4, -0.2) is 37.9 Å². The predicted molar refractivity (Wildman–Crippen MR) is 67.2 cm³/mol. The Morgan fingerprint density at radius 2 is 2.06 bits per heavy atom. The summed E-state index contributed by atoms with van der Waals surface area (Å²) in [6.45, 7) is 4.23. The van der Waals surface area contributed by atoms with Crippen LogP contribution < -0.4 is 11.1 Å². The molecule has 3 N–H and O–H groups in total. The van der Waals surface area contributed by atoms with Gasteiger partial charge in [-0.1, -0.05) is 20.3 Å². The van der Waals surface area contributed by atoms with Gasteiger partial charge < -0.3 is 11.1 Å². The summed E-state index contributed by atoms with van der Waals surface area (Å²) in [6, 6.07) is -0.153. The van der Waals surface area contributed by atoms with E-state index in [4.69, 9.17) is 5.73 Å². The molecule has 17 heavy (non-hydrogen) atoms. The Hall–Kier alpha value is -0.620. The molecule has 0 spiro atoms. The van der Waals surface area contributed by atoms with E-state index in [1.165, 1.54) is 0 Å². The van der Waals surface area contributed by atoms with E-state index in [9.17, 15) is 13.2 Å². The van der Waals surface area contributed by atoms with Gasteiger partial charge in [0, 0.05) is 12.6 Å². The third-order valence-corrected chi connectivity index (χ3v) is 5.43. The molecule has 0 aliphatic carbocycles. The molecular weight excluding hydrogens is 240 g/mol. The topological polar surface area (TPSA) is 89.3 Å². The van der Waals surface area contributed by atoms with E-state index in [2.05, 4.69) is 5.32 Å². The highest BCUT2D eigenvalue weighted by Gasteiger charge is 2.35. The quantitative estimate of drug-likeness (QED) is 0.749. The minimum atomic E-state index is -3.26. The zero-order valence-corrected chi connectivity index (χ0v) is 11.3. The fraction of sp³-hybridized carbons (Fsp3) is 0.909. The van der Waals surface area contributed by atoms with Gasteiger partial charge in [0.25, 0.3) is 0 Å². The maximum Gasteiger partial charge on any atom is 0.238 e. The molecule has 0 aromatic heterocycles. The normalized spacial score (nSPS) is 25.5. The van der Waals surface area contributed by atoms with Gasteiger partial charge in [0.2, 0.25) is 5.91 Å². The number of rotatable bonds is 4. The van der Waals surface area contributed by atoms with Gasteiger partial charge in [-0.3, -0.25) is 4.79 Å². The van der Waals surface area contributed by atoms with Crippen molar-refractivity contribution >= 4 is 15.7 Å². The standard InChI is InChI=1S/C11H22N2O3S/c1-8(2)9(7-12)13-11(14)10-5-3-4-6-17(10,15)16/h8-10H,3-7,12H2,1-2H3,(H,13,14). The molecule has 0 aromatic carbocycles. The molecule has 1 rings (SSSR count). The monoisotopic (exact) mass is 262 g/mol. The van der Waals surface area contributed by atoms with Crippen molar-refractivity contribution in [3.05, 3.63) is 0 Å². The van der Waals surface area contributed by atoms with E-state index in [1.54, 1.807) is 0 Å². The molecule has 1 amide bonds. The number of nitrogens with two attached hydrogens (primary N) is 1. The minimum absolute atomic E-state index is 0.125. The highest BCUT2D eigenvalue weighted by atomic mass is 32.2. The van der Waals surface area contributed by atoms with Crippen molar-refractivity contribution in [2.24, 2.45) is 11.7 Å². The van der Waals surface area contributed by atoms with Crippen LogP contribution >= 0.6 is 0 Å². The van der Waals surface area contributed by atoms with Crippen molar-refractivity contribution in [1.29, 1.82) is 0 Å². The number of carbonyl (C=O) groups excluding carboxylic acids is 1. The summed E-state index contributed by atoms with van der Waals surface area (Å²) >= 11 is 0. The third kappa shape index (κ3) is 3.67. The number of hydrogen-bond acceptors (Lipinski definition) is 4. The van der Waals surface area contributed by atoms with Crippen molar-refractivity contribution < 1.29 is 13.2 Å². The molecule has 0 bridgehead atoms. The second-order valence-electron chi connectivity index (χ2n) is 4.95. The van der Waals surface area contributed by atoms with Gasteiger partial charge in [0.15, 0.2) is 9.84 Å². The van der Waals surface area contributed by atoms with Crippen molar-refractivity contribution in [1.82, 2.24) is 5.32 Å². The molecule has 1 fully saturated rings. The first-order valence-corrected chi connectivity index (χ1v) is 7.82. The van der Waals surface area contributed by atoms with Crippen LogP contribution in [0.1, 0.15) is 33.1 Å². The van der Waals surface area contributed by atoms with Crippen LogP contribution in [0.4, 0.5) is 0 Å². The van der Waals surface area contributed by atoms with Crippen LogP contribution in [0.15, 0.2) is 0 Å². The van der Waals surface area contributed by atoms with Crippen LogP contribution in [0.3, 0.4) is 0 Å². The third-order valence-electron chi connectivity index (χ3n) is 3.26. The highest BCUT2D eigenvalue weighted by Crippen LogP contribution is 2.20. The maximum atomic E-state index is 11.9. The number of hydrogen-bond donors (Lipinski definition) is 2. The van der Waals surface area contributed by atoms with Gasteiger partial charge in [-0.15, -0.1) is 0 Å². The largest absolute Gasteiger partial charge is 0.351 e. The first-order chi connectivity index (χ1) is 7.88. The molecule has 1 heterocycles. The summed E-state index contributed by atoms with van der Waals surface area (Å²) in [5.74, 6) is -0.0517. The summed E-state index contributed by atoms with van der Waals surface area (Å²) in [5, 5.41) is 1.88. The molecule has 0 radical (unpaired) electrons. The summed E-state index contributed by atoms with van der Waals surface area (Å²) in [5.41, 5.74) is 5.55. The average Bonchev–Trinajstić information content (AvgIpc) is 2.24. The molecule has 6 heteroatoms. The van der Waals surface area contributed by atoms with Crippen LogP contribution in [0.2, 0.25) is 0 Å². The lowest BCUT2D eigenvalue weighted by Gasteiger charge is -2.26. The van der Waals surface area contributed by atoms with E-state index >= 15 is 0 Å². The van der Waals surface area contributed by atoms with Crippen molar-refractivity contribution in [2.75, 3.05) is 12.3 Å². The van der Waals surface area contributed by atoms with Crippen LogP contribution in [0, 0.1) is 5.92 Å². The Kier molecular flexibility index (Phi) is 4.94.